The highest BCUT2D eigenvalue weighted by Gasteiger charge is 2.15. The molecular formula is C18H29NO2. The summed E-state index contributed by atoms with van der Waals surface area (Å²) in [6, 6.07) is 7.25. The molecule has 0 aliphatic carbocycles. The van der Waals surface area contributed by atoms with Crippen LogP contribution in [0, 0.1) is 11.8 Å². The van der Waals surface area contributed by atoms with Gasteiger partial charge < -0.3 is 10.8 Å². The van der Waals surface area contributed by atoms with Crippen LogP contribution in [0.5, 0.6) is 0 Å². The van der Waals surface area contributed by atoms with Gasteiger partial charge in [0.2, 0.25) is 0 Å². The molecule has 0 amide bonds. The lowest BCUT2D eigenvalue weighted by Gasteiger charge is -2.17. The summed E-state index contributed by atoms with van der Waals surface area (Å²) in [5.74, 6) is 0.534. The first kappa shape index (κ1) is 17.7. The van der Waals surface area contributed by atoms with Gasteiger partial charge in [-0.2, -0.15) is 0 Å². The average molecular weight is 291 g/mol. The maximum absolute atomic E-state index is 10.9. The largest absolute Gasteiger partial charge is 0.480 e. The van der Waals surface area contributed by atoms with Gasteiger partial charge in [0, 0.05) is 0 Å². The number of aryl methyl sites for hydroxylation is 1. The molecule has 0 heterocycles. The Morgan fingerprint density at radius 3 is 2.38 bits per heavy atom. The molecule has 21 heavy (non-hydrogen) atoms. The van der Waals surface area contributed by atoms with E-state index in [9.17, 15) is 4.79 Å². The van der Waals surface area contributed by atoms with Crippen molar-refractivity contribution in [2.75, 3.05) is 0 Å². The zero-order chi connectivity index (χ0) is 15.8. The SMILES string of the molecule is CCC(C)CC(C)CCc1ccccc1C[C@H](N)C(=O)O. The van der Waals surface area contributed by atoms with Crippen molar-refractivity contribution in [3.05, 3.63) is 35.4 Å². The number of aliphatic carboxylic acids is 1. The van der Waals surface area contributed by atoms with Crippen LogP contribution >= 0.6 is 0 Å². The summed E-state index contributed by atoms with van der Waals surface area (Å²) in [7, 11) is 0. The van der Waals surface area contributed by atoms with Crippen molar-refractivity contribution in [2.24, 2.45) is 17.6 Å². The van der Waals surface area contributed by atoms with Crippen molar-refractivity contribution in [3.8, 4) is 0 Å². The fraction of sp³-hybridized carbons (Fsp3) is 0.611. The molecule has 0 spiro atoms. The van der Waals surface area contributed by atoms with E-state index >= 15 is 0 Å². The van der Waals surface area contributed by atoms with Crippen LogP contribution in [0.2, 0.25) is 0 Å². The van der Waals surface area contributed by atoms with Gasteiger partial charge >= 0.3 is 5.97 Å². The van der Waals surface area contributed by atoms with E-state index in [1.54, 1.807) is 0 Å². The fourth-order valence-corrected chi connectivity index (χ4v) is 2.70. The molecule has 1 aromatic carbocycles. The molecule has 1 aromatic rings. The number of hydrogen-bond donors (Lipinski definition) is 2. The van der Waals surface area contributed by atoms with Gasteiger partial charge in [0.25, 0.3) is 0 Å². The first-order valence-corrected chi connectivity index (χ1v) is 7.99. The van der Waals surface area contributed by atoms with Gasteiger partial charge in [-0.15, -0.1) is 0 Å². The molecule has 0 bridgehead atoms. The predicted molar refractivity (Wildman–Crippen MR) is 87.3 cm³/mol. The molecule has 0 aliphatic rings. The maximum atomic E-state index is 10.9. The molecule has 3 atom stereocenters. The molecule has 2 unspecified atom stereocenters. The van der Waals surface area contributed by atoms with E-state index in [4.69, 9.17) is 10.8 Å². The molecule has 0 saturated carbocycles. The minimum Gasteiger partial charge on any atom is -0.480 e. The van der Waals surface area contributed by atoms with E-state index in [2.05, 4.69) is 26.8 Å². The second-order valence-electron chi connectivity index (χ2n) is 6.31. The molecule has 118 valence electrons. The Bertz CT molecular complexity index is 445. The predicted octanol–water partition coefficient (Wildman–Crippen LogP) is 3.65. The van der Waals surface area contributed by atoms with Crippen LogP contribution in [-0.2, 0) is 17.6 Å². The summed E-state index contributed by atoms with van der Waals surface area (Å²) in [4.78, 5) is 10.9. The van der Waals surface area contributed by atoms with Crippen molar-refractivity contribution < 1.29 is 9.90 Å². The van der Waals surface area contributed by atoms with Crippen LogP contribution in [0.3, 0.4) is 0 Å². The lowest BCUT2D eigenvalue weighted by molar-refractivity contribution is -0.138. The second kappa shape index (κ2) is 8.83. The topological polar surface area (TPSA) is 63.3 Å². The number of rotatable bonds is 9. The van der Waals surface area contributed by atoms with Gasteiger partial charge in [-0.3, -0.25) is 4.79 Å². The summed E-state index contributed by atoms with van der Waals surface area (Å²) < 4.78 is 0. The number of carbonyl (C=O) groups is 1. The number of carboxylic acids is 1. The van der Waals surface area contributed by atoms with Gasteiger partial charge in [0.1, 0.15) is 6.04 Å². The quantitative estimate of drug-likeness (QED) is 0.730. The van der Waals surface area contributed by atoms with Gasteiger partial charge in [-0.1, -0.05) is 51.5 Å². The first-order valence-electron chi connectivity index (χ1n) is 7.99. The standard InChI is InChI=1S/C18H29NO2/c1-4-13(2)11-14(3)9-10-15-7-5-6-8-16(15)12-17(19)18(20)21/h5-8,13-14,17H,4,9-12,19H2,1-3H3,(H,20,21)/t13?,14?,17-/m0/s1. The van der Waals surface area contributed by atoms with Gasteiger partial charge in [-0.25, -0.2) is 0 Å². The van der Waals surface area contributed by atoms with Crippen molar-refractivity contribution in [1.29, 1.82) is 0 Å². The number of nitrogens with two attached hydrogens (primary N) is 1. The number of carboxylic acid groups (broad SMARTS) is 1. The third-order valence-electron chi connectivity index (χ3n) is 4.28. The first-order chi connectivity index (χ1) is 9.93. The summed E-state index contributed by atoms with van der Waals surface area (Å²) in [5.41, 5.74) is 7.97. The average Bonchev–Trinajstić information content (AvgIpc) is 2.46. The zero-order valence-electron chi connectivity index (χ0n) is 13.5. The Morgan fingerprint density at radius 2 is 1.81 bits per heavy atom. The molecule has 0 aliphatic heterocycles. The van der Waals surface area contributed by atoms with Crippen molar-refractivity contribution in [3.63, 3.8) is 0 Å². The Balaban J connectivity index is 2.60. The highest BCUT2D eigenvalue weighted by molar-refractivity contribution is 5.73. The van der Waals surface area contributed by atoms with Gasteiger partial charge in [0.15, 0.2) is 0 Å². The third-order valence-corrected chi connectivity index (χ3v) is 4.28. The molecule has 0 aromatic heterocycles. The highest BCUT2D eigenvalue weighted by Crippen LogP contribution is 2.21. The molecule has 0 fully saturated rings. The minimum absolute atomic E-state index is 0.408. The van der Waals surface area contributed by atoms with Crippen molar-refractivity contribution in [1.82, 2.24) is 0 Å². The highest BCUT2D eigenvalue weighted by atomic mass is 16.4. The molecule has 3 nitrogen and oxygen atoms in total. The second-order valence-corrected chi connectivity index (χ2v) is 6.31. The molecule has 3 N–H and O–H groups in total. The Kier molecular flexibility index (Phi) is 7.44. The summed E-state index contributed by atoms with van der Waals surface area (Å²) in [5, 5.41) is 8.95. The molecule has 1 rings (SSSR count). The van der Waals surface area contributed by atoms with Crippen molar-refractivity contribution in [2.45, 2.75) is 58.9 Å². The van der Waals surface area contributed by atoms with E-state index in [0.717, 1.165) is 24.3 Å². The monoisotopic (exact) mass is 291 g/mol. The van der Waals surface area contributed by atoms with E-state index in [1.165, 1.54) is 18.4 Å². The maximum Gasteiger partial charge on any atom is 0.320 e. The summed E-state index contributed by atoms with van der Waals surface area (Å²) in [6.45, 7) is 6.84. The van der Waals surface area contributed by atoms with E-state index in [1.807, 2.05) is 18.2 Å². The lowest BCUT2D eigenvalue weighted by Crippen LogP contribution is -2.32. The fourth-order valence-electron chi connectivity index (χ4n) is 2.70. The van der Waals surface area contributed by atoms with Gasteiger partial charge in [-0.05, 0) is 48.6 Å². The molecular weight excluding hydrogens is 262 g/mol. The Labute approximate surface area is 128 Å². The van der Waals surface area contributed by atoms with E-state index < -0.39 is 12.0 Å². The molecule has 3 heteroatoms. The summed E-state index contributed by atoms with van der Waals surface area (Å²) in [6.07, 6.45) is 5.04. The van der Waals surface area contributed by atoms with Crippen LogP contribution in [-0.4, -0.2) is 17.1 Å². The van der Waals surface area contributed by atoms with E-state index in [-0.39, 0.29) is 0 Å². The van der Waals surface area contributed by atoms with Crippen LogP contribution in [0.4, 0.5) is 0 Å². The van der Waals surface area contributed by atoms with Crippen LogP contribution in [0.15, 0.2) is 24.3 Å². The summed E-state index contributed by atoms with van der Waals surface area (Å²) >= 11 is 0. The van der Waals surface area contributed by atoms with Crippen LogP contribution in [0.25, 0.3) is 0 Å². The van der Waals surface area contributed by atoms with Crippen LogP contribution in [0.1, 0.15) is 51.2 Å². The zero-order valence-corrected chi connectivity index (χ0v) is 13.5. The van der Waals surface area contributed by atoms with Gasteiger partial charge in [0.05, 0.1) is 0 Å². The lowest BCUT2D eigenvalue weighted by atomic mass is 9.89. The van der Waals surface area contributed by atoms with E-state index in [0.29, 0.717) is 12.3 Å². The number of benzene rings is 1. The third kappa shape index (κ3) is 6.30. The number of hydrogen-bond acceptors (Lipinski definition) is 2. The normalized spacial score (nSPS) is 15.4. The van der Waals surface area contributed by atoms with Crippen LogP contribution < -0.4 is 5.73 Å². The Hall–Kier alpha value is -1.35. The minimum atomic E-state index is -0.935. The van der Waals surface area contributed by atoms with Crippen molar-refractivity contribution >= 4 is 5.97 Å². The molecule has 0 radical (unpaired) electrons. The molecule has 0 saturated heterocycles. The Morgan fingerprint density at radius 1 is 1.19 bits per heavy atom. The smallest absolute Gasteiger partial charge is 0.320 e.